The molecular formula is C23H16ClN3O4S2. The van der Waals surface area contributed by atoms with E-state index in [1.54, 1.807) is 17.5 Å². The van der Waals surface area contributed by atoms with Crippen LogP contribution in [0.1, 0.15) is 20.0 Å². The first kappa shape index (κ1) is 22.7. The Morgan fingerprint density at radius 1 is 0.970 bits per heavy atom. The Morgan fingerprint density at radius 2 is 1.79 bits per heavy atom. The van der Waals surface area contributed by atoms with Crippen LogP contribution < -0.4 is 10.6 Å². The molecule has 0 spiro atoms. The lowest BCUT2D eigenvalue weighted by atomic mass is 10.2. The smallest absolute Gasteiger partial charge is 0.338 e. The third kappa shape index (κ3) is 5.83. The molecule has 4 aromatic rings. The van der Waals surface area contributed by atoms with E-state index in [9.17, 15) is 14.4 Å². The fraction of sp³-hybridized carbons (Fsp3) is 0.0435. The molecule has 0 aliphatic carbocycles. The van der Waals surface area contributed by atoms with Crippen molar-refractivity contribution < 1.29 is 19.1 Å². The first-order chi connectivity index (χ1) is 16.0. The fourth-order valence-electron chi connectivity index (χ4n) is 2.78. The standard InChI is InChI=1S/C23H16ClN3O4S2/c24-16-9-8-15(11-17(16)25-21(29)19-7-4-10-32-19)22(30)31-12-20(28)27-23-26-18(13-33-23)14-5-2-1-3-6-14/h1-11,13H,12H2,(H,25,29)(H,26,27,28). The van der Waals surface area contributed by atoms with Gasteiger partial charge in [-0.3, -0.25) is 14.9 Å². The van der Waals surface area contributed by atoms with Crippen molar-refractivity contribution in [2.75, 3.05) is 17.2 Å². The fourth-order valence-corrected chi connectivity index (χ4v) is 4.30. The van der Waals surface area contributed by atoms with Crippen LogP contribution in [0, 0.1) is 0 Å². The number of ether oxygens (including phenoxy) is 1. The lowest BCUT2D eigenvalue weighted by molar-refractivity contribution is -0.119. The van der Waals surface area contributed by atoms with Crippen molar-refractivity contribution in [1.82, 2.24) is 4.98 Å². The number of nitrogens with one attached hydrogen (secondary N) is 2. The molecule has 0 aliphatic heterocycles. The van der Waals surface area contributed by atoms with Gasteiger partial charge in [-0.2, -0.15) is 0 Å². The Balaban J connectivity index is 1.33. The van der Waals surface area contributed by atoms with Gasteiger partial charge in [-0.05, 0) is 29.6 Å². The van der Waals surface area contributed by atoms with Crippen molar-refractivity contribution in [2.24, 2.45) is 0 Å². The maximum absolute atomic E-state index is 12.4. The number of esters is 1. The van der Waals surface area contributed by atoms with E-state index in [1.807, 2.05) is 35.7 Å². The summed E-state index contributed by atoms with van der Waals surface area (Å²) in [6.07, 6.45) is 0. The van der Waals surface area contributed by atoms with Gasteiger partial charge in [0.15, 0.2) is 11.7 Å². The molecule has 33 heavy (non-hydrogen) atoms. The third-order valence-corrected chi connectivity index (χ3v) is 6.31. The number of thiophene rings is 1. The van der Waals surface area contributed by atoms with E-state index in [1.165, 1.54) is 40.9 Å². The van der Waals surface area contributed by atoms with Crippen molar-refractivity contribution in [3.05, 3.63) is 86.9 Å². The lowest BCUT2D eigenvalue weighted by Gasteiger charge is -2.09. The zero-order valence-corrected chi connectivity index (χ0v) is 19.3. The Bertz CT molecular complexity index is 1290. The summed E-state index contributed by atoms with van der Waals surface area (Å²) in [5, 5.41) is 9.57. The van der Waals surface area contributed by atoms with Crippen LogP contribution in [-0.2, 0) is 9.53 Å². The maximum atomic E-state index is 12.4. The van der Waals surface area contributed by atoms with E-state index in [0.29, 0.717) is 10.0 Å². The number of anilines is 2. The molecule has 0 radical (unpaired) electrons. The minimum Gasteiger partial charge on any atom is -0.452 e. The number of nitrogens with zero attached hydrogens (tertiary/aromatic N) is 1. The van der Waals surface area contributed by atoms with Gasteiger partial charge in [-0.1, -0.05) is 48.0 Å². The van der Waals surface area contributed by atoms with Gasteiger partial charge in [0.2, 0.25) is 0 Å². The van der Waals surface area contributed by atoms with E-state index in [-0.39, 0.29) is 22.2 Å². The molecule has 0 atom stereocenters. The molecule has 2 amide bonds. The summed E-state index contributed by atoms with van der Waals surface area (Å²) in [7, 11) is 0. The molecule has 166 valence electrons. The highest BCUT2D eigenvalue weighted by Gasteiger charge is 2.16. The van der Waals surface area contributed by atoms with Crippen LogP contribution in [0.4, 0.5) is 10.8 Å². The topological polar surface area (TPSA) is 97.4 Å². The minimum absolute atomic E-state index is 0.147. The molecule has 7 nitrogen and oxygen atoms in total. The molecular weight excluding hydrogens is 482 g/mol. The number of rotatable bonds is 7. The van der Waals surface area contributed by atoms with Crippen LogP contribution in [0.15, 0.2) is 71.4 Å². The number of thiazole rings is 1. The molecule has 2 aromatic heterocycles. The van der Waals surface area contributed by atoms with Gasteiger partial charge in [0, 0.05) is 10.9 Å². The van der Waals surface area contributed by atoms with Crippen LogP contribution in [0.5, 0.6) is 0 Å². The number of amides is 2. The first-order valence-corrected chi connectivity index (χ1v) is 11.8. The molecule has 0 bridgehead atoms. The van der Waals surface area contributed by atoms with E-state index >= 15 is 0 Å². The summed E-state index contributed by atoms with van der Waals surface area (Å²) in [5.74, 6) is -1.58. The molecule has 2 aromatic carbocycles. The summed E-state index contributed by atoms with van der Waals surface area (Å²) in [6.45, 7) is -0.488. The quantitative estimate of drug-likeness (QED) is 0.325. The van der Waals surface area contributed by atoms with Gasteiger partial charge < -0.3 is 10.1 Å². The molecule has 10 heteroatoms. The van der Waals surface area contributed by atoms with Crippen LogP contribution in [-0.4, -0.2) is 29.4 Å². The summed E-state index contributed by atoms with van der Waals surface area (Å²) in [4.78, 5) is 41.7. The number of carbonyl (C=O) groups is 3. The summed E-state index contributed by atoms with van der Waals surface area (Å²) < 4.78 is 5.10. The van der Waals surface area contributed by atoms with Gasteiger partial charge in [0.05, 0.1) is 26.8 Å². The third-order valence-electron chi connectivity index (χ3n) is 4.35. The molecule has 0 saturated heterocycles. The van der Waals surface area contributed by atoms with Crippen LogP contribution >= 0.6 is 34.3 Å². The van der Waals surface area contributed by atoms with Crippen molar-refractivity contribution in [3.63, 3.8) is 0 Å². The van der Waals surface area contributed by atoms with Crippen molar-refractivity contribution in [3.8, 4) is 11.3 Å². The summed E-state index contributed by atoms with van der Waals surface area (Å²) in [5.41, 5.74) is 2.09. The van der Waals surface area contributed by atoms with Gasteiger partial charge in [-0.25, -0.2) is 9.78 Å². The highest BCUT2D eigenvalue weighted by Crippen LogP contribution is 2.26. The van der Waals surface area contributed by atoms with Gasteiger partial charge >= 0.3 is 5.97 Å². The summed E-state index contributed by atoms with van der Waals surface area (Å²) in [6, 6.07) is 17.3. The lowest BCUT2D eigenvalue weighted by Crippen LogP contribution is -2.21. The van der Waals surface area contributed by atoms with Crippen molar-refractivity contribution in [2.45, 2.75) is 0 Å². The van der Waals surface area contributed by atoms with Crippen molar-refractivity contribution in [1.29, 1.82) is 0 Å². The van der Waals surface area contributed by atoms with Gasteiger partial charge in [-0.15, -0.1) is 22.7 Å². The Hall–Kier alpha value is -3.53. The largest absolute Gasteiger partial charge is 0.452 e. The van der Waals surface area contributed by atoms with Gasteiger partial charge in [0.25, 0.3) is 11.8 Å². The molecule has 0 aliphatic rings. The zero-order valence-electron chi connectivity index (χ0n) is 16.9. The molecule has 2 heterocycles. The first-order valence-electron chi connectivity index (χ1n) is 9.62. The number of benzene rings is 2. The van der Waals surface area contributed by atoms with E-state index < -0.39 is 18.5 Å². The molecule has 0 unspecified atom stereocenters. The Kier molecular flexibility index (Phi) is 7.13. The maximum Gasteiger partial charge on any atom is 0.338 e. The SMILES string of the molecule is O=C(COC(=O)c1ccc(Cl)c(NC(=O)c2cccs2)c1)Nc1nc(-c2ccccc2)cs1. The van der Waals surface area contributed by atoms with Crippen molar-refractivity contribution >= 4 is 62.9 Å². The average molecular weight is 498 g/mol. The van der Waals surface area contributed by atoms with Crippen LogP contribution in [0.3, 0.4) is 0 Å². The Labute approximate surface area is 202 Å². The van der Waals surface area contributed by atoms with Crippen LogP contribution in [0.25, 0.3) is 11.3 Å². The second-order valence-electron chi connectivity index (χ2n) is 6.65. The van der Waals surface area contributed by atoms with Crippen LogP contribution in [0.2, 0.25) is 5.02 Å². The number of carbonyl (C=O) groups excluding carboxylic acids is 3. The second-order valence-corrected chi connectivity index (χ2v) is 8.87. The number of aromatic nitrogens is 1. The highest BCUT2D eigenvalue weighted by atomic mass is 35.5. The zero-order chi connectivity index (χ0) is 23.2. The summed E-state index contributed by atoms with van der Waals surface area (Å²) >= 11 is 8.69. The van der Waals surface area contributed by atoms with E-state index in [0.717, 1.165) is 11.3 Å². The second kappa shape index (κ2) is 10.4. The molecule has 0 saturated carbocycles. The molecule has 2 N–H and O–H groups in total. The Morgan fingerprint density at radius 3 is 2.55 bits per heavy atom. The predicted molar refractivity (Wildman–Crippen MR) is 130 cm³/mol. The highest BCUT2D eigenvalue weighted by molar-refractivity contribution is 7.14. The predicted octanol–water partition coefficient (Wildman–Crippen LogP) is 5.57. The number of halogens is 1. The van der Waals surface area contributed by atoms with E-state index in [2.05, 4.69) is 15.6 Å². The molecule has 4 rings (SSSR count). The number of hydrogen-bond donors (Lipinski definition) is 2. The number of hydrogen-bond acceptors (Lipinski definition) is 7. The van der Waals surface area contributed by atoms with E-state index in [4.69, 9.17) is 16.3 Å². The molecule has 0 fully saturated rings. The average Bonchev–Trinajstić information content (AvgIpc) is 3.52. The normalized spacial score (nSPS) is 10.5. The minimum atomic E-state index is -0.724. The van der Waals surface area contributed by atoms with Gasteiger partial charge in [0.1, 0.15) is 0 Å². The monoisotopic (exact) mass is 497 g/mol.